The number of hydrogen-bond acceptors (Lipinski definition) is 1. The molecule has 1 heteroatoms. The van der Waals surface area contributed by atoms with Crippen LogP contribution in [0.1, 0.15) is 54.1 Å². The maximum atomic E-state index is 2.60. The van der Waals surface area contributed by atoms with Gasteiger partial charge < -0.3 is 4.90 Å². The van der Waals surface area contributed by atoms with Gasteiger partial charge in [-0.2, -0.15) is 0 Å². The molecule has 0 N–H and O–H groups in total. The molecule has 128 valence electrons. The fraction of sp³-hybridized carbons (Fsp3) is 0.333. The van der Waals surface area contributed by atoms with Crippen molar-refractivity contribution in [2.45, 2.75) is 45.6 Å². The first-order valence-electron chi connectivity index (χ1n) is 9.65. The van der Waals surface area contributed by atoms with E-state index >= 15 is 0 Å². The van der Waals surface area contributed by atoms with Crippen molar-refractivity contribution >= 4 is 5.70 Å². The highest BCUT2D eigenvalue weighted by Gasteiger charge is 2.29. The van der Waals surface area contributed by atoms with Crippen LogP contribution < -0.4 is 0 Å². The quantitative estimate of drug-likeness (QED) is 0.694. The normalized spacial score (nSPS) is 19.0. The summed E-state index contributed by atoms with van der Waals surface area (Å²) in [6.07, 6.45) is 11.4. The molecule has 0 fully saturated rings. The molecule has 0 aromatic heterocycles. The third kappa shape index (κ3) is 2.93. The third-order valence-electron chi connectivity index (χ3n) is 5.74. The number of aryl methyl sites for hydroxylation is 3. The SMILES string of the molecule is CCc1ccc(C2=CC=CCN2C2CCc3ccccc32)cc1CC. The van der Waals surface area contributed by atoms with Crippen molar-refractivity contribution in [2.24, 2.45) is 0 Å². The Morgan fingerprint density at radius 2 is 1.84 bits per heavy atom. The lowest BCUT2D eigenvalue weighted by molar-refractivity contribution is 0.322. The molecule has 0 bridgehead atoms. The smallest absolute Gasteiger partial charge is 0.0552 e. The molecule has 1 aliphatic carbocycles. The largest absolute Gasteiger partial charge is 0.360 e. The van der Waals surface area contributed by atoms with Crippen LogP contribution >= 0.6 is 0 Å². The summed E-state index contributed by atoms with van der Waals surface area (Å²) in [5.41, 5.74) is 8.75. The van der Waals surface area contributed by atoms with Crippen molar-refractivity contribution in [3.63, 3.8) is 0 Å². The first kappa shape index (κ1) is 16.2. The van der Waals surface area contributed by atoms with Gasteiger partial charge in [-0.05, 0) is 65.6 Å². The van der Waals surface area contributed by atoms with Crippen LogP contribution in [-0.4, -0.2) is 11.4 Å². The molecule has 2 aromatic rings. The summed E-state index contributed by atoms with van der Waals surface area (Å²) < 4.78 is 0. The van der Waals surface area contributed by atoms with Gasteiger partial charge in [-0.25, -0.2) is 0 Å². The highest BCUT2D eigenvalue weighted by molar-refractivity contribution is 5.68. The molecule has 1 heterocycles. The van der Waals surface area contributed by atoms with E-state index in [1.54, 1.807) is 0 Å². The fourth-order valence-electron chi connectivity index (χ4n) is 4.40. The van der Waals surface area contributed by atoms with Gasteiger partial charge in [0.1, 0.15) is 0 Å². The second-order valence-electron chi connectivity index (χ2n) is 7.08. The van der Waals surface area contributed by atoms with E-state index in [4.69, 9.17) is 0 Å². The Morgan fingerprint density at radius 1 is 1.00 bits per heavy atom. The predicted molar refractivity (Wildman–Crippen MR) is 107 cm³/mol. The zero-order valence-electron chi connectivity index (χ0n) is 15.3. The molecule has 0 spiro atoms. The zero-order valence-corrected chi connectivity index (χ0v) is 15.3. The van der Waals surface area contributed by atoms with Gasteiger partial charge in [-0.15, -0.1) is 0 Å². The van der Waals surface area contributed by atoms with E-state index in [0.29, 0.717) is 6.04 Å². The van der Waals surface area contributed by atoms with Crippen molar-refractivity contribution in [1.82, 2.24) is 4.90 Å². The standard InChI is InChI=1S/C24H27N/c1-3-18-12-13-21(17-19(18)4-2)23-11-7-8-16-25(23)24-15-14-20-9-5-6-10-22(20)24/h5-13,17,24H,3-4,14-16H2,1-2H3. The first-order valence-corrected chi connectivity index (χ1v) is 9.65. The molecule has 0 radical (unpaired) electrons. The Balaban J connectivity index is 1.71. The van der Waals surface area contributed by atoms with Crippen molar-refractivity contribution in [3.05, 3.63) is 88.5 Å². The molecule has 2 aromatic carbocycles. The van der Waals surface area contributed by atoms with Crippen molar-refractivity contribution in [1.29, 1.82) is 0 Å². The molecule has 25 heavy (non-hydrogen) atoms. The maximum Gasteiger partial charge on any atom is 0.0552 e. The van der Waals surface area contributed by atoms with Crippen molar-refractivity contribution in [2.75, 3.05) is 6.54 Å². The molecular weight excluding hydrogens is 302 g/mol. The number of hydrogen-bond donors (Lipinski definition) is 0. The second kappa shape index (κ2) is 6.92. The topological polar surface area (TPSA) is 3.24 Å². The fourth-order valence-corrected chi connectivity index (χ4v) is 4.40. The summed E-state index contributed by atoms with van der Waals surface area (Å²) >= 11 is 0. The lowest BCUT2D eigenvalue weighted by Crippen LogP contribution is -2.28. The van der Waals surface area contributed by atoms with Crippen LogP contribution in [-0.2, 0) is 19.3 Å². The minimum absolute atomic E-state index is 0.503. The summed E-state index contributed by atoms with van der Waals surface area (Å²) in [5, 5.41) is 0. The minimum atomic E-state index is 0.503. The Labute approximate surface area is 151 Å². The molecule has 2 aliphatic rings. The van der Waals surface area contributed by atoms with Crippen LogP contribution in [0.2, 0.25) is 0 Å². The van der Waals surface area contributed by atoms with Gasteiger partial charge in [-0.3, -0.25) is 0 Å². The molecule has 1 unspecified atom stereocenters. The molecule has 1 aliphatic heterocycles. The van der Waals surface area contributed by atoms with Crippen LogP contribution in [0.15, 0.2) is 60.7 Å². The maximum absolute atomic E-state index is 2.60. The lowest BCUT2D eigenvalue weighted by Gasteiger charge is -2.35. The van der Waals surface area contributed by atoms with Gasteiger partial charge in [0.15, 0.2) is 0 Å². The molecule has 0 amide bonds. The van der Waals surface area contributed by atoms with Gasteiger partial charge >= 0.3 is 0 Å². The van der Waals surface area contributed by atoms with Gasteiger partial charge in [0.05, 0.1) is 6.04 Å². The van der Waals surface area contributed by atoms with Crippen molar-refractivity contribution < 1.29 is 0 Å². The van der Waals surface area contributed by atoms with Gasteiger partial charge in [0, 0.05) is 12.2 Å². The van der Waals surface area contributed by atoms with E-state index in [2.05, 4.69) is 79.4 Å². The van der Waals surface area contributed by atoms with E-state index in [0.717, 1.165) is 19.4 Å². The average Bonchev–Trinajstić information content (AvgIpc) is 3.11. The monoisotopic (exact) mass is 329 g/mol. The molecular formula is C24H27N. The highest BCUT2D eigenvalue weighted by Crippen LogP contribution is 2.40. The van der Waals surface area contributed by atoms with Crippen LogP contribution in [0.4, 0.5) is 0 Å². The molecule has 4 rings (SSSR count). The Kier molecular flexibility index (Phi) is 4.48. The number of nitrogens with zero attached hydrogens (tertiary/aromatic N) is 1. The summed E-state index contributed by atoms with van der Waals surface area (Å²) in [7, 11) is 0. The van der Waals surface area contributed by atoms with Gasteiger partial charge in [0.2, 0.25) is 0 Å². The lowest BCUT2D eigenvalue weighted by atomic mass is 9.96. The summed E-state index contributed by atoms with van der Waals surface area (Å²) in [5.74, 6) is 0. The number of benzene rings is 2. The summed E-state index contributed by atoms with van der Waals surface area (Å²) in [6, 6.07) is 16.5. The van der Waals surface area contributed by atoms with Gasteiger partial charge in [0.25, 0.3) is 0 Å². The number of allylic oxidation sites excluding steroid dienone is 2. The van der Waals surface area contributed by atoms with Crippen LogP contribution in [0.5, 0.6) is 0 Å². The molecule has 1 nitrogen and oxygen atoms in total. The average molecular weight is 329 g/mol. The molecule has 1 atom stereocenters. The first-order chi connectivity index (χ1) is 12.3. The van der Waals surface area contributed by atoms with Gasteiger partial charge in [-0.1, -0.05) is 62.4 Å². The highest BCUT2D eigenvalue weighted by atomic mass is 15.2. The molecule has 0 saturated heterocycles. The van der Waals surface area contributed by atoms with Crippen LogP contribution in [0, 0.1) is 0 Å². The summed E-state index contributed by atoms with van der Waals surface area (Å²) in [4.78, 5) is 2.60. The van der Waals surface area contributed by atoms with Crippen LogP contribution in [0.3, 0.4) is 0 Å². The number of fused-ring (bicyclic) bond motifs is 1. The minimum Gasteiger partial charge on any atom is -0.360 e. The summed E-state index contributed by atoms with van der Waals surface area (Å²) in [6.45, 7) is 5.51. The van der Waals surface area contributed by atoms with E-state index < -0.39 is 0 Å². The van der Waals surface area contributed by atoms with E-state index in [-0.39, 0.29) is 0 Å². The van der Waals surface area contributed by atoms with E-state index in [1.807, 2.05) is 0 Å². The van der Waals surface area contributed by atoms with Crippen molar-refractivity contribution in [3.8, 4) is 0 Å². The second-order valence-corrected chi connectivity index (χ2v) is 7.08. The Morgan fingerprint density at radius 3 is 2.68 bits per heavy atom. The molecule has 0 saturated carbocycles. The number of rotatable bonds is 4. The Bertz CT molecular complexity index is 828. The van der Waals surface area contributed by atoms with Crippen LogP contribution in [0.25, 0.3) is 5.70 Å². The van der Waals surface area contributed by atoms with E-state index in [9.17, 15) is 0 Å². The van der Waals surface area contributed by atoms with E-state index in [1.165, 1.54) is 46.4 Å². The zero-order chi connectivity index (χ0) is 17.2. The third-order valence-corrected chi connectivity index (χ3v) is 5.74. The predicted octanol–water partition coefficient (Wildman–Crippen LogP) is 5.71. The Hall–Kier alpha value is -2.28.